The van der Waals surface area contributed by atoms with E-state index in [1.54, 1.807) is 7.11 Å². The molecule has 6 nitrogen and oxygen atoms in total. The fraction of sp³-hybridized carbons (Fsp3) is 0.259. The Kier molecular flexibility index (Phi) is 9.08. The van der Waals surface area contributed by atoms with E-state index in [1.807, 2.05) is 60.7 Å². The van der Waals surface area contributed by atoms with Crippen molar-refractivity contribution < 1.29 is 32.6 Å². The van der Waals surface area contributed by atoms with Gasteiger partial charge < -0.3 is 20.5 Å². The molecule has 0 spiro atoms. The van der Waals surface area contributed by atoms with Gasteiger partial charge in [0.05, 0.1) is 7.11 Å². The molecule has 0 radical (unpaired) electrons. The number of ether oxygens (including phenoxy) is 1. The zero-order chi connectivity index (χ0) is 26.1. The average Bonchev–Trinajstić information content (AvgIpc) is 3.66. The van der Waals surface area contributed by atoms with Gasteiger partial charge in [-0.15, -0.1) is 0 Å². The number of carbonyl (C=O) groups excluding carboxylic acids is 1. The Balaban J connectivity index is 0.000000454. The van der Waals surface area contributed by atoms with Gasteiger partial charge in [-0.2, -0.15) is 13.2 Å². The van der Waals surface area contributed by atoms with Gasteiger partial charge in [-0.3, -0.25) is 4.79 Å². The molecule has 3 aromatic rings. The smallest absolute Gasteiger partial charge is 0.490 e. The number of halogens is 3. The van der Waals surface area contributed by atoms with Crippen LogP contribution in [0.15, 0.2) is 78.9 Å². The predicted octanol–water partition coefficient (Wildman–Crippen LogP) is 4.90. The molecule has 0 bridgehead atoms. The van der Waals surface area contributed by atoms with E-state index >= 15 is 0 Å². The topological polar surface area (TPSA) is 87.7 Å². The minimum Gasteiger partial charge on any atom is -0.496 e. The highest BCUT2D eigenvalue weighted by Crippen LogP contribution is 2.41. The first kappa shape index (κ1) is 26.7. The number of hydrogen-bond acceptors (Lipinski definition) is 4. The lowest BCUT2D eigenvalue weighted by Crippen LogP contribution is -2.22. The maximum atomic E-state index is 12.4. The first-order valence-electron chi connectivity index (χ1n) is 11.3. The molecule has 36 heavy (non-hydrogen) atoms. The molecule has 1 fully saturated rings. The lowest BCUT2D eigenvalue weighted by Gasteiger charge is -2.09. The summed E-state index contributed by atoms with van der Waals surface area (Å²) in [4.78, 5) is 21.3. The SMILES string of the molecule is COc1ccccc1CN[C@@H]1C[C@H]1c1ccc(C(=O)NCc2ccccc2)cc1.O=C(O)C(F)(F)F. The minimum atomic E-state index is -5.08. The van der Waals surface area contributed by atoms with Crippen LogP contribution < -0.4 is 15.4 Å². The fourth-order valence-corrected chi connectivity index (χ4v) is 3.64. The maximum Gasteiger partial charge on any atom is 0.490 e. The summed E-state index contributed by atoms with van der Waals surface area (Å²) >= 11 is 0. The van der Waals surface area contributed by atoms with Gasteiger partial charge in [0.15, 0.2) is 0 Å². The number of carboxylic acid groups (broad SMARTS) is 1. The lowest BCUT2D eigenvalue weighted by molar-refractivity contribution is -0.192. The number of carbonyl (C=O) groups is 2. The third-order valence-electron chi connectivity index (χ3n) is 5.68. The Morgan fingerprint density at radius 3 is 2.17 bits per heavy atom. The van der Waals surface area contributed by atoms with E-state index < -0.39 is 12.1 Å². The van der Waals surface area contributed by atoms with Gasteiger partial charge in [0.1, 0.15) is 5.75 Å². The molecule has 1 amide bonds. The number of amides is 1. The van der Waals surface area contributed by atoms with Crippen LogP contribution in [0, 0.1) is 0 Å². The van der Waals surface area contributed by atoms with Gasteiger partial charge in [0.2, 0.25) is 0 Å². The molecule has 0 aromatic heterocycles. The van der Waals surface area contributed by atoms with E-state index in [0.29, 0.717) is 24.1 Å². The monoisotopic (exact) mass is 500 g/mol. The van der Waals surface area contributed by atoms with Gasteiger partial charge >= 0.3 is 12.1 Å². The van der Waals surface area contributed by atoms with Crippen LogP contribution in [0.1, 0.15) is 39.4 Å². The van der Waals surface area contributed by atoms with Crippen LogP contribution in [0.2, 0.25) is 0 Å². The molecule has 0 aliphatic heterocycles. The Morgan fingerprint density at radius 1 is 0.944 bits per heavy atom. The van der Waals surface area contributed by atoms with E-state index in [9.17, 15) is 18.0 Å². The second-order valence-corrected chi connectivity index (χ2v) is 8.23. The van der Waals surface area contributed by atoms with Crippen molar-refractivity contribution in [1.29, 1.82) is 0 Å². The Bertz CT molecular complexity index is 1150. The van der Waals surface area contributed by atoms with Crippen LogP contribution in [0.5, 0.6) is 5.75 Å². The summed E-state index contributed by atoms with van der Waals surface area (Å²) < 4.78 is 37.2. The molecule has 1 aliphatic rings. The molecule has 3 N–H and O–H groups in total. The van der Waals surface area contributed by atoms with Crippen molar-refractivity contribution in [3.8, 4) is 5.75 Å². The number of hydrogen-bond donors (Lipinski definition) is 3. The van der Waals surface area contributed by atoms with Crippen molar-refractivity contribution in [2.45, 2.75) is 37.6 Å². The summed E-state index contributed by atoms with van der Waals surface area (Å²) in [6, 6.07) is 26.5. The van der Waals surface area contributed by atoms with Gasteiger partial charge in [-0.05, 0) is 35.7 Å². The quantitative estimate of drug-likeness (QED) is 0.409. The minimum absolute atomic E-state index is 0.0398. The number of nitrogens with one attached hydrogen (secondary N) is 2. The molecule has 1 saturated carbocycles. The molecule has 1 aliphatic carbocycles. The molecule has 0 heterocycles. The fourth-order valence-electron chi connectivity index (χ4n) is 3.64. The maximum absolute atomic E-state index is 12.4. The largest absolute Gasteiger partial charge is 0.496 e. The number of alkyl halides is 3. The normalized spacial score (nSPS) is 16.3. The van der Waals surface area contributed by atoms with Crippen LogP contribution in [0.3, 0.4) is 0 Å². The first-order chi connectivity index (χ1) is 17.2. The predicted molar refractivity (Wildman–Crippen MR) is 129 cm³/mol. The van der Waals surface area contributed by atoms with Crippen molar-refractivity contribution in [1.82, 2.24) is 10.6 Å². The molecular formula is C27H27F3N2O4. The third kappa shape index (κ3) is 7.84. The highest BCUT2D eigenvalue weighted by atomic mass is 19.4. The van der Waals surface area contributed by atoms with Gasteiger partial charge in [-0.1, -0.05) is 60.7 Å². The zero-order valence-electron chi connectivity index (χ0n) is 19.6. The standard InChI is InChI=1S/C25H26N2O2.C2HF3O2/c1-29-24-10-6-5-9-21(24)17-26-23-15-22(23)19-11-13-20(14-12-19)25(28)27-16-18-7-3-2-4-8-18;3-2(4,5)1(6)7/h2-14,22-23,26H,15-17H2,1H3,(H,27,28);(H,6,7)/t22-,23+;/m0./s1. The summed E-state index contributed by atoms with van der Waals surface area (Å²) in [5.41, 5.74) is 4.25. The van der Waals surface area contributed by atoms with Crippen LogP contribution in [0.4, 0.5) is 13.2 Å². The average molecular weight is 501 g/mol. The van der Waals surface area contributed by atoms with E-state index in [4.69, 9.17) is 14.6 Å². The Hall–Kier alpha value is -3.85. The first-order valence-corrected chi connectivity index (χ1v) is 11.3. The molecule has 4 rings (SSSR count). The summed E-state index contributed by atoms with van der Waals surface area (Å²) in [5, 5.41) is 13.7. The van der Waals surface area contributed by atoms with Crippen molar-refractivity contribution in [2.24, 2.45) is 0 Å². The number of para-hydroxylation sites is 1. The molecule has 0 saturated heterocycles. The van der Waals surface area contributed by atoms with E-state index in [-0.39, 0.29) is 5.91 Å². The number of methoxy groups -OCH3 is 1. The molecule has 2 atom stereocenters. The molecule has 3 aromatic carbocycles. The number of carboxylic acids is 1. The summed E-state index contributed by atoms with van der Waals surface area (Å²) in [6.07, 6.45) is -3.96. The highest BCUT2D eigenvalue weighted by molar-refractivity contribution is 5.94. The zero-order valence-corrected chi connectivity index (χ0v) is 19.6. The summed E-state index contributed by atoms with van der Waals surface area (Å²) in [5.74, 6) is -1.37. The van der Waals surface area contributed by atoms with Crippen molar-refractivity contribution in [3.63, 3.8) is 0 Å². The van der Waals surface area contributed by atoms with Crippen LogP contribution in [-0.4, -0.2) is 36.3 Å². The van der Waals surface area contributed by atoms with Gasteiger partial charge in [0, 0.05) is 36.2 Å². The Morgan fingerprint density at radius 2 is 1.56 bits per heavy atom. The van der Waals surface area contributed by atoms with Crippen LogP contribution >= 0.6 is 0 Å². The van der Waals surface area contributed by atoms with Crippen molar-refractivity contribution in [2.75, 3.05) is 7.11 Å². The molecule has 0 unspecified atom stereocenters. The van der Waals surface area contributed by atoms with E-state index in [1.165, 1.54) is 11.1 Å². The van der Waals surface area contributed by atoms with Gasteiger partial charge in [0.25, 0.3) is 5.91 Å². The second kappa shape index (κ2) is 12.2. The number of rotatable bonds is 8. The molecule has 190 valence electrons. The van der Waals surface area contributed by atoms with E-state index in [2.05, 4.69) is 28.8 Å². The van der Waals surface area contributed by atoms with Crippen molar-refractivity contribution >= 4 is 11.9 Å². The van der Waals surface area contributed by atoms with Crippen LogP contribution in [-0.2, 0) is 17.9 Å². The Labute approximate surface area is 207 Å². The lowest BCUT2D eigenvalue weighted by atomic mass is 10.1. The summed E-state index contributed by atoms with van der Waals surface area (Å²) in [7, 11) is 1.70. The molecule has 9 heteroatoms. The van der Waals surface area contributed by atoms with Crippen LogP contribution in [0.25, 0.3) is 0 Å². The second-order valence-electron chi connectivity index (χ2n) is 8.23. The summed E-state index contributed by atoms with van der Waals surface area (Å²) in [6.45, 7) is 1.34. The third-order valence-corrected chi connectivity index (χ3v) is 5.68. The van der Waals surface area contributed by atoms with Crippen molar-refractivity contribution in [3.05, 3.63) is 101 Å². The number of benzene rings is 3. The molecular weight excluding hydrogens is 473 g/mol. The highest BCUT2D eigenvalue weighted by Gasteiger charge is 2.38. The van der Waals surface area contributed by atoms with Gasteiger partial charge in [-0.25, -0.2) is 4.79 Å². The number of aliphatic carboxylic acids is 1. The van der Waals surface area contributed by atoms with E-state index in [0.717, 1.165) is 24.3 Å².